The highest BCUT2D eigenvalue weighted by atomic mass is 19.1. The summed E-state index contributed by atoms with van der Waals surface area (Å²) in [5.74, 6) is 0.434. The molecule has 1 amide bonds. The molecule has 27 heavy (non-hydrogen) atoms. The fourth-order valence-corrected chi connectivity index (χ4v) is 3.19. The summed E-state index contributed by atoms with van der Waals surface area (Å²) in [6, 6.07) is 5.92. The molecule has 0 unspecified atom stereocenters. The molecule has 1 aliphatic heterocycles. The van der Waals surface area contributed by atoms with Crippen molar-refractivity contribution in [1.82, 2.24) is 30.0 Å². The SMILES string of the molecule is CCc1noc(-c2cn(C3CCN(C(=O)c4cccc(F)c4)CC3)nn2)n1. The van der Waals surface area contributed by atoms with Gasteiger partial charge in [0.1, 0.15) is 5.82 Å². The minimum atomic E-state index is -0.405. The van der Waals surface area contributed by atoms with Crippen molar-refractivity contribution in [3.63, 3.8) is 0 Å². The van der Waals surface area contributed by atoms with Gasteiger partial charge in [0.25, 0.3) is 11.8 Å². The minimum absolute atomic E-state index is 0.136. The van der Waals surface area contributed by atoms with E-state index in [0.717, 1.165) is 12.8 Å². The molecule has 0 spiro atoms. The van der Waals surface area contributed by atoms with E-state index in [9.17, 15) is 9.18 Å². The van der Waals surface area contributed by atoms with E-state index >= 15 is 0 Å². The van der Waals surface area contributed by atoms with Gasteiger partial charge in [-0.1, -0.05) is 23.4 Å². The molecule has 0 aliphatic carbocycles. The van der Waals surface area contributed by atoms with Crippen molar-refractivity contribution < 1.29 is 13.7 Å². The van der Waals surface area contributed by atoms with Crippen LogP contribution in [0, 0.1) is 5.82 Å². The monoisotopic (exact) mass is 370 g/mol. The summed E-state index contributed by atoms with van der Waals surface area (Å²) >= 11 is 0. The van der Waals surface area contributed by atoms with Gasteiger partial charge in [-0.3, -0.25) is 4.79 Å². The van der Waals surface area contributed by atoms with Crippen LogP contribution in [0.4, 0.5) is 4.39 Å². The number of amides is 1. The number of halogens is 1. The van der Waals surface area contributed by atoms with E-state index in [-0.39, 0.29) is 11.9 Å². The van der Waals surface area contributed by atoms with Crippen LogP contribution in [0.3, 0.4) is 0 Å². The number of hydrogen-bond donors (Lipinski definition) is 0. The standard InChI is InChI=1S/C18H19FN6O2/c1-2-16-20-17(27-22-16)15-11-25(23-21-15)14-6-8-24(9-7-14)18(26)12-4-3-5-13(19)10-12/h3-5,10-11,14H,2,6-9H2,1H3. The number of rotatable bonds is 4. The Labute approximate surface area is 155 Å². The lowest BCUT2D eigenvalue weighted by atomic mass is 10.0. The fourth-order valence-electron chi connectivity index (χ4n) is 3.19. The molecule has 1 fully saturated rings. The molecule has 0 N–H and O–H groups in total. The molecule has 9 heteroatoms. The highest BCUT2D eigenvalue weighted by Gasteiger charge is 2.26. The maximum absolute atomic E-state index is 13.3. The maximum Gasteiger partial charge on any atom is 0.280 e. The lowest BCUT2D eigenvalue weighted by molar-refractivity contribution is 0.0688. The van der Waals surface area contributed by atoms with E-state index in [2.05, 4.69) is 20.5 Å². The molecule has 3 heterocycles. The van der Waals surface area contributed by atoms with Crippen LogP contribution >= 0.6 is 0 Å². The second kappa shape index (κ2) is 7.26. The fraction of sp³-hybridized carbons (Fsp3) is 0.389. The molecule has 0 radical (unpaired) electrons. The Hall–Kier alpha value is -3.10. The van der Waals surface area contributed by atoms with Gasteiger partial charge in [0, 0.05) is 25.1 Å². The molecule has 2 aromatic heterocycles. The van der Waals surface area contributed by atoms with Gasteiger partial charge in [-0.2, -0.15) is 4.98 Å². The smallest absolute Gasteiger partial charge is 0.280 e. The molecule has 0 saturated carbocycles. The molecule has 8 nitrogen and oxygen atoms in total. The van der Waals surface area contributed by atoms with E-state index in [1.165, 1.54) is 12.1 Å². The first-order chi connectivity index (χ1) is 13.1. The maximum atomic E-state index is 13.3. The minimum Gasteiger partial charge on any atom is -0.338 e. The Morgan fingerprint density at radius 3 is 2.85 bits per heavy atom. The first kappa shape index (κ1) is 17.3. The lowest BCUT2D eigenvalue weighted by Gasteiger charge is -2.31. The van der Waals surface area contributed by atoms with Crippen molar-refractivity contribution in [2.45, 2.75) is 32.2 Å². The van der Waals surface area contributed by atoms with Gasteiger partial charge in [-0.25, -0.2) is 9.07 Å². The zero-order chi connectivity index (χ0) is 18.8. The van der Waals surface area contributed by atoms with Crippen molar-refractivity contribution in [2.24, 2.45) is 0 Å². The number of aryl methyl sites for hydroxylation is 1. The Bertz CT molecular complexity index is 945. The first-order valence-electron chi connectivity index (χ1n) is 8.93. The van der Waals surface area contributed by atoms with Crippen LogP contribution in [0.5, 0.6) is 0 Å². The predicted molar refractivity (Wildman–Crippen MR) is 93.3 cm³/mol. The largest absolute Gasteiger partial charge is 0.338 e. The summed E-state index contributed by atoms with van der Waals surface area (Å²) < 4.78 is 20.3. The zero-order valence-corrected chi connectivity index (χ0v) is 14.9. The van der Waals surface area contributed by atoms with Crippen molar-refractivity contribution in [1.29, 1.82) is 0 Å². The van der Waals surface area contributed by atoms with Gasteiger partial charge < -0.3 is 9.42 Å². The Morgan fingerprint density at radius 2 is 2.15 bits per heavy atom. The molecular weight excluding hydrogens is 351 g/mol. The lowest BCUT2D eigenvalue weighted by Crippen LogP contribution is -2.39. The molecule has 1 saturated heterocycles. The van der Waals surface area contributed by atoms with Crippen molar-refractivity contribution in [3.05, 3.63) is 47.7 Å². The van der Waals surface area contributed by atoms with Crippen LogP contribution in [0.15, 0.2) is 35.0 Å². The van der Waals surface area contributed by atoms with Crippen LogP contribution in [-0.4, -0.2) is 49.0 Å². The third-order valence-electron chi connectivity index (χ3n) is 4.71. The van der Waals surface area contributed by atoms with Gasteiger partial charge in [0.05, 0.1) is 12.2 Å². The number of carbonyl (C=O) groups is 1. The normalized spacial score (nSPS) is 15.3. The van der Waals surface area contributed by atoms with Crippen molar-refractivity contribution in [3.8, 4) is 11.6 Å². The summed E-state index contributed by atoms with van der Waals surface area (Å²) in [7, 11) is 0. The van der Waals surface area contributed by atoms with E-state index in [4.69, 9.17) is 4.52 Å². The molecule has 0 bridgehead atoms. The highest BCUT2D eigenvalue weighted by Crippen LogP contribution is 2.24. The zero-order valence-electron chi connectivity index (χ0n) is 14.9. The van der Waals surface area contributed by atoms with Crippen LogP contribution in [0.1, 0.15) is 42.0 Å². The number of piperidine rings is 1. The number of nitrogens with zero attached hydrogens (tertiary/aromatic N) is 6. The number of carbonyl (C=O) groups excluding carboxylic acids is 1. The number of likely N-dealkylation sites (tertiary alicyclic amines) is 1. The average Bonchev–Trinajstić information content (AvgIpc) is 3.37. The first-order valence-corrected chi connectivity index (χ1v) is 8.93. The predicted octanol–water partition coefficient (Wildman–Crippen LogP) is 2.51. The molecular formula is C18H19FN6O2. The van der Waals surface area contributed by atoms with Crippen molar-refractivity contribution in [2.75, 3.05) is 13.1 Å². The van der Waals surface area contributed by atoms with Crippen LogP contribution < -0.4 is 0 Å². The highest BCUT2D eigenvalue weighted by molar-refractivity contribution is 5.94. The average molecular weight is 370 g/mol. The summed E-state index contributed by atoms with van der Waals surface area (Å²) in [6.45, 7) is 3.11. The Balaban J connectivity index is 1.40. The topological polar surface area (TPSA) is 89.9 Å². The van der Waals surface area contributed by atoms with Crippen LogP contribution in [0.2, 0.25) is 0 Å². The molecule has 140 valence electrons. The molecule has 3 aromatic rings. The summed E-state index contributed by atoms with van der Waals surface area (Å²) in [6.07, 6.45) is 3.97. The summed E-state index contributed by atoms with van der Waals surface area (Å²) in [5.41, 5.74) is 0.917. The van der Waals surface area contributed by atoms with E-state index < -0.39 is 5.82 Å². The Kier molecular flexibility index (Phi) is 4.66. The van der Waals surface area contributed by atoms with Gasteiger partial charge in [-0.05, 0) is 31.0 Å². The van der Waals surface area contributed by atoms with Crippen molar-refractivity contribution >= 4 is 5.91 Å². The number of hydrogen-bond acceptors (Lipinski definition) is 6. The van der Waals surface area contributed by atoms with Crippen LogP contribution in [-0.2, 0) is 6.42 Å². The molecule has 1 aromatic carbocycles. The van der Waals surface area contributed by atoms with Gasteiger partial charge in [0.15, 0.2) is 11.5 Å². The van der Waals surface area contributed by atoms with Gasteiger partial charge in [-0.15, -0.1) is 5.10 Å². The number of aromatic nitrogens is 5. The summed E-state index contributed by atoms with van der Waals surface area (Å²) in [4.78, 5) is 18.5. The second-order valence-electron chi connectivity index (χ2n) is 6.49. The van der Waals surface area contributed by atoms with Gasteiger partial charge in [0.2, 0.25) is 0 Å². The van der Waals surface area contributed by atoms with E-state index in [0.29, 0.717) is 42.5 Å². The number of benzene rings is 1. The Morgan fingerprint density at radius 1 is 1.33 bits per heavy atom. The van der Waals surface area contributed by atoms with E-state index in [1.807, 2.05) is 6.92 Å². The van der Waals surface area contributed by atoms with Crippen LogP contribution in [0.25, 0.3) is 11.6 Å². The molecule has 1 aliphatic rings. The summed E-state index contributed by atoms with van der Waals surface area (Å²) in [5, 5.41) is 12.2. The molecule has 0 atom stereocenters. The quantitative estimate of drug-likeness (QED) is 0.701. The third kappa shape index (κ3) is 3.57. The van der Waals surface area contributed by atoms with Gasteiger partial charge >= 0.3 is 0 Å². The van der Waals surface area contributed by atoms with E-state index in [1.54, 1.807) is 27.9 Å². The molecule has 4 rings (SSSR count). The second-order valence-corrected chi connectivity index (χ2v) is 6.49. The third-order valence-corrected chi connectivity index (χ3v) is 4.71.